The Labute approximate surface area is 146 Å². The molecule has 0 aliphatic carbocycles. The Morgan fingerprint density at radius 3 is 2.00 bits per heavy atom. The van der Waals surface area contributed by atoms with E-state index in [1.54, 1.807) is 14.2 Å². The summed E-state index contributed by atoms with van der Waals surface area (Å²) in [6, 6.07) is 15.7. The van der Waals surface area contributed by atoms with Crippen LogP contribution < -0.4 is 9.47 Å². The van der Waals surface area contributed by atoms with E-state index >= 15 is 0 Å². The Hall–Kier alpha value is -2.79. The van der Waals surface area contributed by atoms with Crippen molar-refractivity contribution in [1.29, 1.82) is 0 Å². The minimum Gasteiger partial charge on any atom is -0.497 e. The fourth-order valence-electron chi connectivity index (χ4n) is 2.86. The first-order valence-corrected chi connectivity index (χ1v) is 8.17. The molecule has 128 valence electrons. The summed E-state index contributed by atoms with van der Waals surface area (Å²) < 4.78 is 21.5. The number of benzene rings is 2. The smallest absolute Gasteiger partial charge is 0.147 e. The molecule has 1 aliphatic heterocycles. The van der Waals surface area contributed by atoms with E-state index in [9.17, 15) is 0 Å². The maximum Gasteiger partial charge on any atom is 0.147 e. The average Bonchev–Trinajstić information content (AvgIpc) is 3.39. The van der Waals surface area contributed by atoms with E-state index in [0.29, 0.717) is 0 Å². The number of epoxide rings is 1. The van der Waals surface area contributed by atoms with Crippen LogP contribution in [-0.4, -0.2) is 32.1 Å². The summed E-state index contributed by atoms with van der Waals surface area (Å²) in [5, 5.41) is 4.34. The van der Waals surface area contributed by atoms with Crippen LogP contribution in [0, 0.1) is 0 Å². The van der Waals surface area contributed by atoms with Crippen LogP contribution in [0.25, 0.3) is 22.4 Å². The molecule has 1 unspecified atom stereocenters. The highest BCUT2D eigenvalue weighted by molar-refractivity contribution is 5.82. The Kier molecular flexibility index (Phi) is 4.15. The molecule has 0 radical (unpaired) electrons. The summed E-state index contributed by atoms with van der Waals surface area (Å²) in [4.78, 5) is 0. The molecule has 1 atom stereocenters. The normalized spacial score (nSPS) is 15.8. The van der Waals surface area contributed by atoms with E-state index in [2.05, 4.69) is 5.16 Å². The molecule has 0 saturated carbocycles. The Morgan fingerprint density at radius 2 is 1.48 bits per heavy atom. The molecular weight excluding hydrogens is 318 g/mol. The van der Waals surface area contributed by atoms with Gasteiger partial charge in [-0.2, -0.15) is 0 Å². The summed E-state index contributed by atoms with van der Waals surface area (Å²) >= 11 is 0. The highest BCUT2D eigenvalue weighted by atomic mass is 16.6. The number of hydrogen-bond acceptors (Lipinski definition) is 5. The predicted molar refractivity (Wildman–Crippen MR) is 93.9 cm³/mol. The monoisotopic (exact) mass is 337 g/mol. The second kappa shape index (κ2) is 6.61. The Bertz CT molecular complexity index is 848. The van der Waals surface area contributed by atoms with Crippen molar-refractivity contribution in [2.45, 2.75) is 12.5 Å². The molecule has 2 aromatic carbocycles. The van der Waals surface area contributed by atoms with Gasteiger partial charge in [0.25, 0.3) is 0 Å². The quantitative estimate of drug-likeness (QED) is 0.637. The number of nitrogens with zero attached hydrogens (tertiary/aromatic N) is 1. The van der Waals surface area contributed by atoms with E-state index in [1.165, 1.54) is 0 Å². The zero-order valence-corrected chi connectivity index (χ0v) is 14.2. The fourth-order valence-corrected chi connectivity index (χ4v) is 2.86. The number of rotatable bonds is 6. The highest BCUT2D eigenvalue weighted by Gasteiger charge is 2.28. The lowest BCUT2D eigenvalue weighted by molar-refractivity contribution is 0.352. The van der Waals surface area contributed by atoms with Gasteiger partial charge < -0.3 is 18.7 Å². The second-order valence-electron chi connectivity index (χ2n) is 5.95. The highest BCUT2D eigenvalue weighted by Crippen LogP contribution is 2.37. The molecule has 4 rings (SSSR count). The fraction of sp³-hybridized carbons (Fsp3) is 0.250. The van der Waals surface area contributed by atoms with Crippen molar-refractivity contribution in [1.82, 2.24) is 5.16 Å². The van der Waals surface area contributed by atoms with Gasteiger partial charge in [0.05, 0.1) is 32.5 Å². The second-order valence-corrected chi connectivity index (χ2v) is 5.95. The standard InChI is InChI=1S/C20H19NO4/c1-22-15-7-3-13(4-8-15)19-18(11-17-12-24-17)25-21-20(19)14-5-9-16(23-2)10-6-14/h3-10,17H,11-12H2,1-2H3. The number of aromatic nitrogens is 1. The van der Waals surface area contributed by atoms with E-state index in [0.717, 1.165) is 52.7 Å². The van der Waals surface area contributed by atoms with Crippen molar-refractivity contribution in [3.63, 3.8) is 0 Å². The van der Waals surface area contributed by atoms with Gasteiger partial charge in [-0.25, -0.2) is 0 Å². The first-order valence-electron chi connectivity index (χ1n) is 8.17. The van der Waals surface area contributed by atoms with Crippen LogP contribution in [0.15, 0.2) is 53.1 Å². The number of hydrogen-bond donors (Lipinski definition) is 0. The lowest BCUT2D eigenvalue weighted by Crippen LogP contribution is -1.94. The molecule has 1 aromatic heterocycles. The first-order chi connectivity index (χ1) is 12.3. The molecule has 0 bridgehead atoms. The summed E-state index contributed by atoms with van der Waals surface area (Å²) in [6.45, 7) is 0.778. The van der Waals surface area contributed by atoms with Crippen LogP contribution >= 0.6 is 0 Å². The maximum absolute atomic E-state index is 5.68. The van der Waals surface area contributed by atoms with E-state index in [4.69, 9.17) is 18.7 Å². The van der Waals surface area contributed by atoms with Crippen LogP contribution in [-0.2, 0) is 11.2 Å². The molecule has 0 spiro atoms. The van der Waals surface area contributed by atoms with Crippen molar-refractivity contribution in [3.05, 3.63) is 54.3 Å². The molecule has 1 fully saturated rings. The van der Waals surface area contributed by atoms with Crippen LogP contribution in [0.4, 0.5) is 0 Å². The molecule has 5 heteroatoms. The van der Waals surface area contributed by atoms with Gasteiger partial charge in [-0.3, -0.25) is 0 Å². The lowest BCUT2D eigenvalue weighted by Gasteiger charge is -2.07. The molecule has 0 N–H and O–H groups in total. The van der Waals surface area contributed by atoms with Gasteiger partial charge in [-0.05, 0) is 42.0 Å². The average molecular weight is 337 g/mol. The van der Waals surface area contributed by atoms with E-state index in [1.807, 2.05) is 48.5 Å². The van der Waals surface area contributed by atoms with Crippen LogP contribution in [0.5, 0.6) is 11.5 Å². The van der Waals surface area contributed by atoms with Gasteiger partial charge in [0.15, 0.2) is 0 Å². The van der Waals surface area contributed by atoms with Gasteiger partial charge >= 0.3 is 0 Å². The van der Waals surface area contributed by atoms with Gasteiger partial charge in [0, 0.05) is 12.0 Å². The van der Waals surface area contributed by atoms with E-state index in [-0.39, 0.29) is 6.10 Å². The molecule has 5 nitrogen and oxygen atoms in total. The zero-order chi connectivity index (χ0) is 17.2. The summed E-state index contributed by atoms with van der Waals surface area (Å²) in [7, 11) is 3.31. The van der Waals surface area contributed by atoms with Crippen molar-refractivity contribution in [2.24, 2.45) is 0 Å². The van der Waals surface area contributed by atoms with Gasteiger partial charge in [0.1, 0.15) is 23.0 Å². The lowest BCUT2D eigenvalue weighted by atomic mass is 9.97. The third-order valence-electron chi connectivity index (χ3n) is 4.32. The van der Waals surface area contributed by atoms with Crippen LogP contribution in [0.3, 0.4) is 0 Å². The maximum atomic E-state index is 5.68. The molecule has 0 amide bonds. The van der Waals surface area contributed by atoms with E-state index < -0.39 is 0 Å². The largest absolute Gasteiger partial charge is 0.497 e. The van der Waals surface area contributed by atoms with Crippen molar-refractivity contribution in [2.75, 3.05) is 20.8 Å². The zero-order valence-electron chi connectivity index (χ0n) is 14.2. The van der Waals surface area contributed by atoms with Gasteiger partial charge in [0.2, 0.25) is 0 Å². The number of methoxy groups -OCH3 is 2. The minimum absolute atomic E-state index is 0.230. The van der Waals surface area contributed by atoms with Crippen molar-refractivity contribution < 1.29 is 18.7 Å². The van der Waals surface area contributed by atoms with Crippen molar-refractivity contribution in [3.8, 4) is 33.9 Å². The molecule has 3 aromatic rings. The van der Waals surface area contributed by atoms with Gasteiger partial charge in [-0.1, -0.05) is 17.3 Å². The molecular formula is C20H19NO4. The summed E-state index contributed by atoms with van der Waals surface area (Å²) in [5.74, 6) is 2.47. The summed E-state index contributed by atoms with van der Waals surface area (Å²) in [6.07, 6.45) is 0.957. The predicted octanol–water partition coefficient (Wildman–Crippen LogP) is 3.97. The minimum atomic E-state index is 0.230. The number of ether oxygens (including phenoxy) is 3. The molecule has 2 heterocycles. The third-order valence-corrected chi connectivity index (χ3v) is 4.32. The summed E-state index contributed by atoms with van der Waals surface area (Å²) in [5.41, 5.74) is 3.86. The Balaban J connectivity index is 1.78. The molecule has 1 aliphatic rings. The van der Waals surface area contributed by atoms with Crippen LogP contribution in [0.1, 0.15) is 5.76 Å². The van der Waals surface area contributed by atoms with Crippen molar-refractivity contribution >= 4 is 0 Å². The Morgan fingerprint density at radius 1 is 0.920 bits per heavy atom. The van der Waals surface area contributed by atoms with Gasteiger partial charge in [-0.15, -0.1) is 0 Å². The first kappa shape index (κ1) is 15.7. The third kappa shape index (κ3) is 3.23. The topological polar surface area (TPSA) is 57.0 Å². The van der Waals surface area contributed by atoms with Crippen LogP contribution in [0.2, 0.25) is 0 Å². The molecule has 25 heavy (non-hydrogen) atoms. The molecule has 1 saturated heterocycles. The SMILES string of the molecule is COc1ccc(-c2noc(CC3CO3)c2-c2ccc(OC)cc2)cc1.